The number of benzene rings is 1. The van der Waals surface area contributed by atoms with Crippen molar-refractivity contribution >= 4 is 0 Å². The Morgan fingerprint density at radius 2 is 2.16 bits per heavy atom. The van der Waals surface area contributed by atoms with Crippen LogP contribution in [0.3, 0.4) is 0 Å². The summed E-state index contributed by atoms with van der Waals surface area (Å²) in [6.07, 6.45) is 1.16. The second kappa shape index (κ2) is 5.93. The van der Waals surface area contributed by atoms with Gasteiger partial charge in [0.2, 0.25) is 0 Å². The van der Waals surface area contributed by atoms with E-state index in [4.69, 9.17) is 9.47 Å². The minimum Gasteiger partial charge on any atom is -0.496 e. The van der Waals surface area contributed by atoms with Gasteiger partial charge in [-0.25, -0.2) is 0 Å². The van der Waals surface area contributed by atoms with Crippen LogP contribution in [0.5, 0.6) is 5.75 Å². The highest BCUT2D eigenvalue weighted by Crippen LogP contribution is 2.42. The maximum absolute atomic E-state index is 5.56. The highest BCUT2D eigenvalue weighted by atomic mass is 16.5. The lowest BCUT2D eigenvalue weighted by Crippen LogP contribution is -2.54. The first-order valence-corrected chi connectivity index (χ1v) is 7.05. The molecule has 1 aliphatic heterocycles. The van der Waals surface area contributed by atoms with Crippen LogP contribution < -0.4 is 10.1 Å². The summed E-state index contributed by atoms with van der Waals surface area (Å²) in [4.78, 5) is 0. The fraction of sp³-hybridized carbons (Fsp3) is 0.625. The number of aryl methyl sites for hydroxylation is 1. The quantitative estimate of drug-likeness (QED) is 0.855. The number of rotatable bonds is 6. The Morgan fingerprint density at radius 3 is 2.58 bits per heavy atom. The Kier molecular flexibility index (Phi) is 4.48. The van der Waals surface area contributed by atoms with Gasteiger partial charge in [-0.05, 0) is 43.6 Å². The maximum atomic E-state index is 5.56. The zero-order chi connectivity index (χ0) is 13.9. The summed E-state index contributed by atoms with van der Waals surface area (Å²) in [5.41, 5.74) is 2.76. The molecular weight excluding hydrogens is 238 g/mol. The van der Waals surface area contributed by atoms with Crippen molar-refractivity contribution in [2.75, 3.05) is 33.9 Å². The lowest BCUT2D eigenvalue weighted by Gasteiger charge is -2.48. The second-order valence-corrected chi connectivity index (χ2v) is 5.50. The molecule has 1 aromatic carbocycles. The standard InChI is InChI=1S/C16H25NO2/c1-5-13(9-17-3)16(10-19-11-16)14-6-7-15(18-4)12(2)8-14/h6-8,13,17H,5,9-11H2,1-4H3. The molecule has 1 aliphatic rings. The number of hydrogen-bond acceptors (Lipinski definition) is 3. The Bertz CT molecular complexity index is 427. The van der Waals surface area contributed by atoms with Crippen LogP contribution in [-0.2, 0) is 10.2 Å². The van der Waals surface area contributed by atoms with Crippen LogP contribution in [0, 0.1) is 12.8 Å². The van der Waals surface area contributed by atoms with Crippen LogP contribution in [0.4, 0.5) is 0 Å². The van der Waals surface area contributed by atoms with Gasteiger partial charge in [-0.3, -0.25) is 0 Å². The summed E-state index contributed by atoms with van der Waals surface area (Å²) in [6.45, 7) is 7.07. The topological polar surface area (TPSA) is 30.5 Å². The van der Waals surface area contributed by atoms with E-state index < -0.39 is 0 Å². The summed E-state index contributed by atoms with van der Waals surface area (Å²) < 4.78 is 10.9. The van der Waals surface area contributed by atoms with E-state index in [0.29, 0.717) is 5.92 Å². The molecule has 19 heavy (non-hydrogen) atoms. The van der Waals surface area contributed by atoms with Crippen LogP contribution in [-0.4, -0.2) is 33.9 Å². The molecule has 106 valence electrons. The lowest BCUT2D eigenvalue weighted by molar-refractivity contribution is -0.0910. The monoisotopic (exact) mass is 263 g/mol. The first-order chi connectivity index (χ1) is 9.17. The van der Waals surface area contributed by atoms with E-state index in [2.05, 4.69) is 37.4 Å². The highest BCUT2D eigenvalue weighted by molar-refractivity contribution is 5.41. The van der Waals surface area contributed by atoms with Crippen molar-refractivity contribution in [2.45, 2.75) is 25.7 Å². The van der Waals surface area contributed by atoms with Gasteiger partial charge < -0.3 is 14.8 Å². The molecule has 3 nitrogen and oxygen atoms in total. The summed E-state index contributed by atoms with van der Waals surface area (Å²) >= 11 is 0. The number of methoxy groups -OCH3 is 1. The molecule has 1 saturated heterocycles. The fourth-order valence-electron chi connectivity index (χ4n) is 3.13. The van der Waals surface area contributed by atoms with Crippen molar-refractivity contribution in [3.8, 4) is 5.75 Å². The minimum absolute atomic E-state index is 0.175. The molecule has 0 bridgehead atoms. The van der Waals surface area contributed by atoms with Crippen molar-refractivity contribution in [1.82, 2.24) is 5.32 Å². The fourth-order valence-corrected chi connectivity index (χ4v) is 3.13. The van der Waals surface area contributed by atoms with Crippen molar-refractivity contribution in [3.05, 3.63) is 29.3 Å². The Balaban J connectivity index is 2.32. The Morgan fingerprint density at radius 1 is 1.42 bits per heavy atom. The first kappa shape index (κ1) is 14.4. The summed E-state index contributed by atoms with van der Waals surface area (Å²) in [5, 5.41) is 3.32. The van der Waals surface area contributed by atoms with Crippen molar-refractivity contribution in [2.24, 2.45) is 5.92 Å². The van der Waals surface area contributed by atoms with Crippen LogP contribution in [0.2, 0.25) is 0 Å². The molecule has 0 saturated carbocycles. The molecular formula is C16H25NO2. The van der Waals surface area contributed by atoms with Gasteiger partial charge in [-0.1, -0.05) is 25.5 Å². The van der Waals surface area contributed by atoms with E-state index in [1.807, 2.05) is 7.05 Å². The van der Waals surface area contributed by atoms with Gasteiger partial charge in [-0.2, -0.15) is 0 Å². The second-order valence-electron chi connectivity index (χ2n) is 5.50. The molecule has 0 radical (unpaired) electrons. The van der Waals surface area contributed by atoms with Gasteiger partial charge in [0.15, 0.2) is 0 Å². The smallest absolute Gasteiger partial charge is 0.121 e. The Hall–Kier alpha value is -1.06. The van der Waals surface area contributed by atoms with Crippen molar-refractivity contribution in [1.29, 1.82) is 0 Å². The van der Waals surface area contributed by atoms with Gasteiger partial charge in [0.1, 0.15) is 5.75 Å². The number of ether oxygens (including phenoxy) is 2. The largest absolute Gasteiger partial charge is 0.496 e. The molecule has 1 fully saturated rings. The van der Waals surface area contributed by atoms with E-state index in [0.717, 1.165) is 31.9 Å². The molecule has 1 atom stereocenters. The van der Waals surface area contributed by atoms with E-state index in [1.165, 1.54) is 11.1 Å². The van der Waals surface area contributed by atoms with Gasteiger partial charge in [0, 0.05) is 5.41 Å². The van der Waals surface area contributed by atoms with Gasteiger partial charge in [-0.15, -0.1) is 0 Å². The van der Waals surface area contributed by atoms with E-state index in [-0.39, 0.29) is 5.41 Å². The minimum atomic E-state index is 0.175. The molecule has 0 aromatic heterocycles. The zero-order valence-corrected chi connectivity index (χ0v) is 12.5. The first-order valence-electron chi connectivity index (χ1n) is 7.05. The number of nitrogens with one attached hydrogen (secondary N) is 1. The molecule has 0 spiro atoms. The van der Waals surface area contributed by atoms with Gasteiger partial charge in [0.05, 0.1) is 20.3 Å². The SMILES string of the molecule is CCC(CNC)C1(c2ccc(OC)c(C)c2)COC1. The summed E-state index contributed by atoms with van der Waals surface area (Å²) in [5.74, 6) is 1.57. The molecule has 0 aliphatic carbocycles. The van der Waals surface area contributed by atoms with Crippen molar-refractivity contribution in [3.63, 3.8) is 0 Å². The van der Waals surface area contributed by atoms with Crippen molar-refractivity contribution < 1.29 is 9.47 Å². The molecule has 0 amide bonds. The third-order valence-electron chi connectivity index (χ3n) is 4.41. The average Bonchev–Trinajstić information content (AvgIpc) is 2.36. The van der Waals surface area contributed by atoms with Crippen LogP contribution in [0.15, 0.2) is 18.2 Å². The third kappa shape index (κ3) is 2.49. The molecule has 1 heterocycles. The van der Waals surface area contributed by atoms with Gasteiger partial charge >= 0.3 is 0 Å². The average molecular weight is 263 g/mol. The molecule has 3 heteroatoms. The molecule has 1 N–H and O–H groups in total. The molecule has 2 rings (SSSR count). The summed E-state index contributed by atoms with van der Waals surface area (Å²) in [6, 6.07) is 6.54. The number of hydrogen-bond donors (Lipinski definition) is 1. The highest BCUT2D eigenvalue weighted by Gasteiger charge is 2.46. The Labute approximate surface area is 116 Å². The normalized spacial score (nSPS) is 18.7. The van der Waals surface area contributed by atoms with E-state index in [9.17, 15) is 0 Å². The third-order valence-corrected chi connectivity index (χ3v) is 4.41. The van der Waals surface area contributed by atoms with E-state index >= 15 is 0 Å². The van der Waals surface area contributed by atoms with Gasteiger partial charge in [0.25, 0.3) is 0 Å². The van der Waals surface area contributed by atoms with Crippen LogP contribution in [0.25, 0.3) is 0 Å². The predicted octanol–water partition coefficient (Wildman–Crippen LogP) is 2.52. The lowest BCUT2D eigenvalue weighted by atomic mass is 9.67. The van der Waals surface area contributed by atoms with E-state index in [1.54, 1.807) is 7.11 Å². The molecule has 1 unspecified atom stereocenters. The van der Waals surface area contributed by atoms with Crippen LogP contribution in [0.1, 0.15) is 24.5 Å². The zero-order valence-electron chi connectivity index (χ0n) is 12.5. The maximum Gasteiger partial charge on any atom is 0.121 e. The van der Waals surface area contributed by atoms with Crippen LogP contribution >= 0.6 is 0 Å². The summed E-state index contributed by atoms with van der Waals surface area (Å²) in [7, 11) is 3.75. The molecule has 1 aromatic rings. The predicted molar refractivity (Wildman–Crippen MR) is 77.9 cm³/mol.